The van der Waals surface area contributed by atoms with Gasteiger partial charge in [-0.1, -0.05) is 24.1 Å². The number of carbonyl (C=O) groups is 1. The summed E-state index contributed by atoms with van der Waals surface area (Å²) in [6.45, 7) is 1.74. The molecule has 0 radical (unpaired) electrons. The summed E-state index contributed by atoms with van der Waals surface area (Å²) in [5, 5.41) is 0. The fourth-order valence-electron chi connectivity index (χ4n) is 3.63. The predicted molar refractivity (Wildman–Crippen MR) is 117 cm³/mol. The van der Waals surface area contributed by atoms with Gasteiger partial charge in [0.2, 0.25) is 5.54 Å². The van der Waals surface area contributed by atoms with Crippen molar-refractivity contribution in [2.24, 2.45) is 10.7 Å². The molecule has 2 N–H and O–H groups in total. The van der Waals surface area contributed by atoms with Gasteiger partial charge < -0.3 is 5.73 Å². The molecule has 0 fully saturated rings. The molecule has 1 aliphatic heterocycles. The van der Waals surface area contributed by atoms with Gasteiger partial charge in [0.15, 0.2) is 5.96 Å². The van der Waals surface area contributed by atoms with Gasteiger partial charge in [-0.3, -0.25) is 19.7 Å². The summed E-state index contributed by atoms with van der Waals surface area (Å²) in [6.07, 6.45) is 1.75. The van der Waals surface area contributed by atoms with Crippen molar-refractivity contribution in [2.45, 2.75) is 18.9 Å². The summed E-state index contributed by atoms with van der Waals surface area (Å²) in [7, 11) is 1.51. The number of halogens is 2. The van der Waals surface area contributed by atoms with E-state index in [-0.39, 0.29) is 17.2 Å². The first-order chi connectivity index (χ1) is 15.4. The number of aromatic nitrogens is 2. The van der Waals surface area contributed by atoms with E-state index in [0.717, 1.165) is 22.9 Å². The minimum atomic E-state index is -2.67. The standard InChI is InChI=1S/C24H19F2N5O/c1-3-5-15-10-18(13-28-12-15)16-6-4-7-19(11-16)24(22(32)31(2)23(27)30-24)20-9-8-17(14-29-20)21(25)26/h4,6-14,21H,1-2H3,(H2,27,30). The van der Waals surface area contributed by atoms with Crippen LogP contribution in [0.2, 0.25) is 0 Å². The third kappa shape index (κ3) is 3.48. The molecule has 1 aliphatic rings. The van der Waals surface area contributed by atoms with E-state index >= 15 is 0 Å². The molecule has 0 aliphatic carbocycles. The molecule has 3 heterocycles. The molecule has 2 aromatic heterocycles. The monoisotopic (exact) mass is 431 g/mol. The smallest absolute Gasteiger partial charge is 0.267 e. The predicted octanol–water partition coefficient (Wildman–Crippen LogP) is 3.48. The maximum absolute atomic E-state index is 13.4. The van der Waals surface area contributed by atoms with Crippen LogP contribution >= 0.6 is 0 Å². The Morgan fingerprint density at radius 1 is 1.09 bits per heavy atom. The normalized spacial score (nSPS) is 17.8. The van der Waals surface area contributed by atoms with Gasteiger partial charge in [-0.25, -0.2) is 13.8 Å². The number of hydrogen-bond donors (Lipinski definition) is 1. The number of likely N-dealkylation sites (N-methyl/N-ethyl adjacent to an activating group) is 1. The molecule has 160 valence electrons. The van der Waals surface area contributed by atoms with Crippen molar-refractivity contribution in [3.8, 4) is 23.0 Å². The van der Waals surface area contributed by atoms with Crippen LogP contribution < -0.4 is 5.73 Å². The highest BCUT2D eigenvalue weighted by Gasteiger charge is 2.50. The summed E-state index contributed by atoms with van der Waals surface area (Å²) < 4.78 is 26.1. The molecule has 6 nitrogen and oxygen atoms in total. The highest BCUT2D eigenvalue weighted by molar-refractivity contribution is 6.08. The summed E-state index contributed by atoms with van der Waals surface area (Å²) in [5.74, 6) is 5.40. The Balaban J connectivity index is 1.88. The van der Waals surface area contributed by atoms with Gasteiger partial charge >= 0.3 is 0 Å². The Hall–Kier alpha value is -4.12. The molecule has 32 heavy (non-hydrogen) atoms. The number of hydrogen-bond acceptors (Lipinski definition) is 5. The van der Waals surface area contributed by atoms with Gasteiger partial charge in [0.05, 0.1) is 5.69 Å². The summed E-state index contributed by atoms with van der Waals surface area (Å²) in [6, 6.07) is 11.7. The lowest BCUT2D eigenvalue weighted by molar-refractivity contribution is -0.129. The van der Waals surface area contributed by atoms with Gasteiger partial charge in [0, 0.05) is 42.3 Å². The number of benzene rings is 1. The number of alkyl halides is 2. The van der Waals surface area contributed by atoms with Gasteiger partial charge in [-0.2, -0.15) is 0 Å². The van der Waals surface area contributed by atoms with Crippen molar-refractivity contribution >= 4 is 11.9 Å². The number of pyridine rings is 2. The quantitative estimate of drug-likeness (QED) is 0.641. The third-order valence-corrected chi connectivity index (χ3v) is 5.27. The fraction of sp³-hybridized carbons (Fsp3) is 0.167. The van der Waals surface area contributed by atoms with E-state index in [1.54, 1.807) is 37.5 Å². The van der Waals surface area contributed by atoms with Gasteiger partial charge in [0.1, 0.15) is 0 Å². The summed E-state index contributed by atoms with van der Waals surface area (Å²) in [5.41, 5.74) is 7.23. The van der Waals surface area contributed by atoms with Crippen LogP contribution in [0.4, 0.5) is 8.78 Å². The Bertz CT molecular complexity index is 1280. The number of amides is 1. The van der Waals surface area contributed by atoms with Crippen molar-refractivity contribution in [3.05, 3.63) is 83.4 Å². The second-order valence-corrected chi connectivity index (χ2v) is 7.24. The minimum Gasteiger partial charge on any atom is -0.369 e. The number of guanidine groups is 1. The van der Waals surface area contributed by atoms with Crippen molar-refractivity contribution in [1.29, 1.82) is 0 Å². The van der Waals surface area contributed by atoms with Crippen molar-refractivity contribution in [1.82, 2.24) is 14.9 Å². The average molecular weight is 431 g/mol. The molecule has 0 saturated heterocycles. The zero-order valence-electron chi connectivity index (χ0n) is 17.4. The van der Waals surface area contributed by atoms with Gasteiger partial charge in [-0.05, 0) is 42.3 Å². The van der Waals surface area contributed by atoms with Crippen LogP contribution in [0, 0.1) is 11.8 Å². The Kier molecular flexibility index (Phi) is 5.41. The van der Waals surface area contributed by atoms with Crippen molar-refractivity contribution in [2.75, 3.05) is 7.05 Å². The van der Waals surface area contributed by atoms with E-state index in [1.165, 1.54) is 24.1 Å². The molecule has 1 aromatic carbocycles. The van der Waals surface area contributed by atoms with E-state index in [0.29, 0.717) is 5.56 Å². The lowest BCUT2D eigenvalue weighted by Crippen LogP contribution is -2.41. The van der Waals surface area contributed by atoms with E-state index in [9.17, 15) is 13.6 Å². The van der Waals surface area contributed by atoms with E-state index in [4.69, 9.17) is 5.73 Å². The third-order valence-electron chi connectivity index (χ3n) is 5.27. The lowest BCUT2D eigenvalue weighted by atomic mass is 9.84. The summed E-state index contributed by atoms with van der Waals surface area (Å²) in [4.78, 5) is 27.5. The maximum atomic E-state index is 13.4. The SMILES string of the molecule is CC#Cc1cncc(-c2cccc(C3(c4ccc(C(F)F)cn4)N=C(N)N(C)C3=O)c2)c1. The number of carbonyl (C=O) groups excluding carboxylic acids is 1. The zero-order valence-corrected chi connectivity index (χ0v) is 17.4. The van der Waals surface area contributed by atoms with Crippen LogP contribution in [-0.4, -0.2) is 33.8 Å². The van der Waals surface area contributed by atoms with Crippen LogP contribution in [0.1, 0.15) is 35.7 Å². The minimum absolute atomic E-state index is 0.0158. The largest absolute Gasteiger partial charge is 0.369 e. The molecule has 8 heteroatoms. The van der Waals surface area contributed by atoms with Crippen LogP contribution in [0.25, 0.3) is 11.1 Å². The number of rotatable bonds is 4. The second kappa shape index (κ2) is 8.19. The van der Waals surface area contributed by atoms with E-state index in [2.05, 4.69) is 26.8 Å². The van der Waals surface area contributed by atoms with Gasteiger partial charge in [-0.15, -0.1) is 5.92 Å². The highest BCUT2D eigenvalue weighted by Crippen LogP contribution is 2.40. The molecule has 0 bridgehead atoms. The number of aliphatic imine (C=N–C) groups is 1. The van der Waals surface area contributed by atoms with Crippen LogP contribution in [-0.2, 0) is 10.3 Å². The molecular weight excluding hydrogens is 412 g/mol. The molecule has 1 unspecified atom stereocenters. The first-order valence-corrected chi connectivity index (χ1v) is 9.73. The molecule has 0 saturated carbocycles. The molecular formula is C24H19F2N5O. The molecule has 1 amide bonds. The fourth-order valence-corrected chi connectivity index (χ4v) is 3.63. The highest BCUT2D eigenvalue weighted by atomic mass is 19.3. The van der Waals surface area contributed by atoms with Crippen LogP contribution in [0.15, 0.2) is 66.0 Å². The average Bonchev–Trinajstić information content (AvgIpc) is 3.04. The van der Waals surface area contributed by atoms with Crippen LogP contribution in [0.5, 0.6) is 0 Å². The number of nitrogens with two attached hydrogens (primary N) is 1. The Morgan fingerprint density at radius 3 is 2.53 bits per heavy atom. The first kappa shape index (κ1) is 21.1. The topological polar surface area (TPSA) is 84.5 Å². The van der Waals surface area contributed by atoms with Crippen molar-refractivity contribution in [3.63, 3.8) is 0 Å². The lowest BCUT2D eigenvalue weighted by Gasteiger charge is -2.25. The zero-order chi connectivity index (χ0) is 22.9. The van der Waals surface area contributed by atoms with E-state index in [1.807, 2.05) is 12.1 Å². The molecule has 1 atom stereocenters. The van der Waals surface area contributed by atoms with E-state index < -0.39 is 17.9 Å². The Labute approximate surface area is 183 Å². The van der Waals surface area contributed by atoms with Crippen LogP contribution in [0.3, 0.4) is 0 Å². The van der Waals surface area contributed by atoms with Gasteiger partial charge in [0.25, 0.3) is 12.3 Å². The second-order valence-electron chi connectivity index (χ2n) is 7.24. The molecule has 4 rings (SSSR count). The summed E-state index contributed by atoms with van der Waals surface area (Å²) >= 11 is 0. The first-order valence-electron chi connectivity index (χ1n) is 9.73. The van der Waals surface area contributed by atoms with Crippen molar-refractivity contribution < 1.29 is 13.6 Å². The Morgan fingerprint density at radius 2 is 1.91 bits per heavy atom. The number of nitrogens with zero attached hydrogens (tertiary/aromatic N) is 4. The molecule has 3 aromatic rings. The molecule has 0 spiro atoms. The maximum Gasteiger partial charge on any atom is 0.267 e.